The van der Waals surface area contributed by atoms with E-state index in [9.17, 15) is 4.79 Å². The number of pyridine rings is 1. The van der Waals surface area contributed by atoms with Crippen LogP contribution in [0.3, 0.4) is 0 Å². The number of unbranched alkanes of at least 4 members (excludes halogenated alkanes) is 3. The second kappa shape index (κ2) is 12.8. The van der Waals surface area contributed by atoms with Gasteiger partial charge in [0.05, 0.1) is 0 Å². The van der Waals surface area contributed by atoms with Crippen LogP contribution in [0, 0.1) is 0 Å². The van der Waals surface area contributed by atoms with Gasteiger partial charge in [0, 0.05) is 51.4 Å². The maximum absolute atomic E-state index is 12.5. The molecule has 1 aromatic heterocycles. The lowest BCUT2D eigenvalue weighted by Gasteiger charge is -2.28. The number of nitrogens with one attached hydrogen (secondary N) is 1. The van der Waals surface area contributed by atoms with E-state index in [1.807, 2.05) is 0 Å². The molecular weight excluding hydrogens is 560 g/mol. The lowest BCUT2D eigenvalue weighted by atomic mass is 9.77. The van der Waals surface area contributed by atoms with Gasteiger partial charge in [0.1, 0.15) is 6.54 Å². The van der Waals surface area contributed by atoms with Gasteiger partial charge in [0.25, 0.3) is 5.91 Å². The number of carbonyl (C=O) groups is 1. The molecule has 44 heavy (non-hydrogen) atoms. The molecule has 0 radical (unpaired) electrons. The van der Waals surface area contributed by atoms with Gasteiger partial charge in [0.15, 0.2) is 0 Å². The normalized spacial score (nSPS) is 12.9. The monoisotopic (exact) mass is 597 g/mol. The first kappa shape index (κ1) is 28.6. The standard InChI is InChI=1S/C40H37ClN2O/c41-32-22-18-31(19-23-32)40(44)42-26-10-1-2-11-27-43-38-33-16-8-6-12-28(33)20-24-35(38)37(30-14-4-3-5-15-30)36-25-21-29-13-7-9-17-34(29)39(36)43/h3-9,12-19,22-23H,1-2,10-11,20-21,24-27H2/p+1. The van der Waals surface area contributed by atoms with E-state index >= 15 is 0 Å². The van der Waals surface area contributed by atoms with Crippen molar-refractivity contribution < 1.29 is 9.36 Å². The smallest absolute Gasteiger partial charge is 0.251 e. The third-order valence-corrected chi connectivity index (χ3v) is 9.56. The van der Waals surface area contributed by atoms with E-state index < -0.39 is 0 Å². The molecule has 2 aliphatic carbocycles. The van der Waals surface area contributed by atoms with E-state index in [2.05, 4.69) is 88.7 Å². The molecule has 1 heterocycles. The fourth-order valence-electron chi connectivity index (χ4n) is 7.25. The summed E-state index contributed by atoms with van der Waals surface area (Å²) in [4.78, 5) is 12.5. The number of fused-ring (bicyclic) bond motifs is 6. The molecule has 7 rings (SSSR count). The third-order valence-electron chi connectivity index (χ3n) is 9.31. The van der Waals surface area contributed by atoms with Crippen LogP contribution in [-0.4, -0.2) is 12.5 Å². The highest BCUT2D eigenvalue weighted by Crippen LogP contribution is 2.44. The molecule has 5 aromatic rings. The largest absolute Gasteiger partial charge is 0.352 e. The molecule has 0 unspecified atom stereocenters. The SMILES string of the molecule is O=C(NCCCCCC[n+]1c2c(c(-c3ccccc3)c3c1-c1ccccc1CC3)CCc1ccccc1-2)c1ccc(Cl)cc1. The Labute approximate surface area is 265 Å². The fraction of sp³-hybridized carbons (Fsp3) is 0.250. The van der Waals surface area contributed by atoms with Crippen molar-refractivity contribution in [2.24, 2.45) is 0 Å². The quantitative estimate of drug-likeness (QED) is 0.134. The minimum Gasteiger partial charge on any atom is -0.352 e. The van der Waals surface area contributed by atoms with Gasteiger partial charge in [-0.05, 0) is 91.6 Å². The Hall–Kier alpha value is -4.21. The van der Waals surface area contributed by atoms with Crippen molar-refractivity contribution in [1.29, 1.82) is 0 Å². The molecule has 1 N–H and O–H groups in total. The summed E-state index contributed by atoms with van der Waals surface area (Å²) in [7, 11) is 0. The number of hydrogen-bond acceptors (Lipinski definition) is 1. The van der Waals surface area contributed by atoms with Gasteiger partial charge < -0.3 is 5.32 Å². The molecule has 0 spiro atoms. The minimum atomic E-state index is -0.0358. The Morgan fingerprint density at radius 3 is 1.84 bits per heavy atom. The van der Waals surface area contributed by atoms with Gasteiger partial charge in [-0.25, -0.2) is 0 Å². The van der Waals surface area contributed by atoms with E-state index in [0.29, 0.717) is 17.1 Å². The van der Waals surface area contributed by atoms with Gasteiger partial charge >= 0.3 is 0 Å². The molecule has 0 saturated heterocycles. The van der Waals surface area contributed by atoms with Crippen LogP contribution in [0.5, 0.6) is 0 Å². The zero-order chi connectivity index (χ0) is 29.9. The first-order chi connectivity index (χ1) is 21.7. The summed E-state index contributed by atoms with van der Waals surface area (Å²) >= 11 is 5.97. The van der Waals surface area contributed by atoms with Crippen LogP contribution in [0.25, 0.3) is 33.6 Å². The van der Waals surface area contributed by atoms with Crippen molar-refractivity contribution in [3.63, 3.8) is 0 Å². The number of amides is 1. The van der Waals surface area contributed by atoms with Gasteiger partial charge in [-0.3, -0.25) is 4.79 Å². The summed E-state index contributed by atoms with van der Waals surface area (Å²) < 4.78 is 2.69. The molecular formula is C40H38ClN2O+. The second-order valence-corrected chi connectivity index (χ2v) is 12.5. The molecule has 0 aliphatic heterocycles. The van der Waals surface area contributed by atoms with Gasteiger partial charge in [-0.15, -0.1) is 0 Å². The van der Waals surface area contributed by atoms with E-state index in [1.165, 1.54) is 55.9 Å². The van der Waals surface area contributed by atoms with Crippen molar-refractivity contribution in [1.82, 2.24) is 5.32 Å². The van der Waals surface area contributed by atoms with Crippen LogP contribution in [0.15, 0.2) is 103 Å². The molecule has 0 bridgehead atoms. The van der Waals surface area contributed by atoms with Crippen molar-refractivity contribution in [2.45, 2.75) is 57.9 Å². The predicted molar refractivity (Wildman–Crippen MR) is 180 cm³/mol. The molecule has 3 nitrogen and oxygen atoms in total. The van der Waals surface area contributed by atoms with E-state index in [0.717, 1.165) is 57.9 Å². The zero-order valence-corrected chi connectivity index (χ0v) is 25.9. The number of rotatable bonds is 9. The van der Waals surface area contributed by atoms with Gasteiger partial charge in [0.2, 0.25) is 11.4 Å². The summed E-state index contributed by atoms with van der Waals surface area (Å²) in [5.74, 6) is -0.0358. The minimum absolute atomic E-state index is 0.0358. The maximum atomic E-state index is 12.5. The number of aromatic nitrogens is 1. The Morgan fingerprint density at radius 2 is 1.20 bits per heavy atom. The molecule has 220 valence electrons. The Kier molecular flexibility index (Phi) is 8.31. The Bertz CT molecular complexity index is 1730. The van der Waals surface area contributed by atoms with Crippen LogP contribution in [-0.2, 0) is 32.2 Å². The summed E-state index contributed by atoms with van der Waals surface area (Å²) in [5, 5.41) is 3.71. The fourth-order valence-corrected chi connectivity index (χ4v) is 7.37. The molecule has 0 saturated carbocycles. The number of benzene rings is 4. The summed E-state index contributed by atoms with van der Waals surface area (Å²) in [6.45, 7) is 1.67. The molecule has 4 heteroatoms. The third kappa shape index (κ3) is 5.57. The highest BCUT2D eigenvalue weighted by atomic mass is 35.5. The number of hydrogen-bond donors (Lipinski definition) is 1. The van der Waals surface area contributed by atoms with E-state index in [1.54, 1.807) is 24.3 Å². The van der Waals surface area contributed by atoms with Crippen LogP contribution < -0.4 is 9.88 Å². The van der Waals surface area contributed by atoms with Crippen LogP contribution in [0.2, 0.25) is 5.02 Å². The zero-order valence-electron chi connectivity index (χ0n) is 25.1. The first-order valence-electron chi connectivity index (χ1n) is 16.1. The second-order valence-electron chi connectivity index (χ2n) is 12.0. The van der Waals surface area contributed by atoms with Crippen molar-refractivity contribution in [3.05, 3.63) is 136 Å². The van der Waals surface area contributed by atoms with E-state index in [4.69, 9.17) is 11.6 Å². The Balaban J connectivity index is 1.19. The van der Waals surface area contributed by atoms with Gasteiger partial charge in [-0.1, -0.05) is 84.8 Å². The topological polar surface area (TPSA) is 33.0 Å². The number of carbonyl (C=O) groups excluding carboxylic acids is 1. The highest BCUT2D eigenvalue weighted by molar-refractivity contribution is 6.30. The number of aryl methyl sites for hydroxylation is 2. The summed E-state index contributed by atoms with van der Waals surface area (Å²) in [6.07, 6.45) is 8.58. The number of halogens is 1. The molecule has 4 aromatic carbocycles. The predicted octanol–water partition coefficient (Wildman–Crippen LogP) is 8.82. The summed E-state index contributed by atoms with van der Waals surface area (Å²) in [6, 6.07) is 36.2. The molecule has 0 atom stereocenters. The van der Waals surface area contributed by atoms with E-state index in [-0.39, 0.29) is 5.91 Å². The number of nitrogens with zero attached hydrogens (tertiary/aromatic N) is 1. The average Bonchev–Trinajstić information content (AvgIpc) is 3.07. The lowest BCUT2D eigenvalue weighted by molar-refractivity contribution is -0.676. The molecule has 1 amide bonds. The molecule has 0 fully saturated rings. The molecule has 2 aliphatic rings. The van der Waals surface area contributed by atoms with Crippen molar-refractivity contribution in [2.75, 3.05) is 6.54 Å². The average molecular weight is 598 g/mol. The van der Waals surface area contributed by atoms with Crippen LogP contribution >= 0.6 is 11.6 Å². The summed E-state index contributed by atoms with van der Waals surface area (Å²) in [5.41, 5.74) is 15.0. The lowest BCUT2D eigenvalue weighted by Crippen LogP contribution is -2.43. The highest BCUT2D eigenvalue weighted by Gasteiger charge is 2.37. The Morgan fingerprint density at radius 1 is 0.636 bits per heavy atom. The van der Waals surface area contributed by atoms with Gasteiger partial charge in [-0.2, -0.15) is 4.57 Å². The van der Waals surface area contributed by atoms with Crippen LogP contribution in [0.4, 0.5) is 0 Å². The van der Waals surface area contributed by atoms with Crippen LogP contribution in [0.1, 0.15) is 58.3 Å². The first-order valence-corrected chi connectivity index (χ1v) is 16.4. The van der Waals surface area contributed by atoms with Crippen molar-refractivity contribution >= 4 is 17.5 Å². The van der Waals surface area contributed by atoms with Crippen molar-refractivity contribution in [3.8, 4) is 33.6 Å². The maximum Gasteiger partial charge on any atom is 0.251 e.